The molecule has 15 heteroatoms. The predicted octanol–water partition coefficient (Wildman–Crippen LogP) is 0.321. The normalized spacial score (nSPS) is 11.6. The Balaban J connectivity index is -0.000000266. The van der Waals surface area contributed by atoms with Crippen LogP contribution in [0.4, 0.5) is 26.2 Å². The van der Waals surface area contributed by atoms with Crippen LogP contribution >= 0.6 is 0 Å². The van der Waals surface area contributed by atoms with Gasteiger partial charge in [0, 0.05) is 62.0 Å². The number of nitrogens with one attached hydrogen (secondary N) is 1. The molecule has 48 heavy (non-hydrogen) atoms. The van der Waals surface area contributed by atoms with Gasteiger partial charge in [-0.25, -0.2) is 15.3 Å². The number of anilines is 2. The average Bonchev–Trinajstić information content (AvgIpc) is 3.50. The van der Waals surface area contributed by atoms with Crippen molar-refractivity contribution in [3.8, 4) is 0 Å². The number of nitrogen functional groups attached to an aromatic ring is 1. The summed E-state index contributed by atoms with van der Waals surface area (Å²) in [4.78, 5) is 26.0. The topological polar surface area (TPSA) is 157 Å². The summed E-state index contributed by atoms with van der Waals surface area (Å²) in [6.07, 6.45) is 10.2. The van der Waals surface area contributed by atoms with Crippen molar-refractivity contribution in [3.63, 3.8) is 0 Å². The Hall–Kier alpha value is -2.53. The van der Waals surface area contributed by atoms with E-state index in [1.807, 2.05) is 20.8 Å². The van der Waals surface area contributed by atoms with Gasteiger partial charge in [0.2, 0.25) is 0 Å². The van der Waals surface area contributed by atoms with Gasteiger partial charge in [-0.3, -0.25) is 20.3 Å². The number of aromatic nitrogens is 3. The molecule has 0 atom stereocenters. The van der Waals surface area contributed by atoms with E-state index >= 15 is 0 Å². The van der Waals surface area contributed by atoms with E-state index in [0.29, 0.717) is 11.4 Å². The Morgan fingerprint density at radius 2 is 1.44 bits per heavy atom. The maximum absolute atomic E-state index is 12.1. The number of ether oxygens (including phenoxy) is 3. The number of nitrogens with two attached hydrogens (primary N) is 1. The van der Waals surface area contributed by atoms with Crippen LogP contribution < -0.4 is 53.9 Å². The predicted molar refractivity (Wildman–Crippen MR) is 180 cm³/mol. The fourth-order valence-corrected chi connectivity index (χ4v) is 2.51. The van der Waals surface area contributed by atoms with Gasteiger partial charge in [0.05, 0.1) is 11.9 Å². The van der Waals surface area contributed by atoms with Crippen LogP contribution in [-0.4, -0.2) is 70.4 Å². The molecule has 0 unspecified atom stereocenters. The number of hydrogen-bond acceptors (Lipinski definition) is 10. The largest absolute Gasteiger partial charge is 1.00 e. The quantitative estimate of drug-likeness (QED) is 0.173. The van der Waals surface area contributed by atoms with Gasteiger partial charge in [-0.1, -0.05) is 33.2 Å². The first-order valence-corrected chi connectivity index (χ1v) is 14.3. The summed E-state index contributed by atoms with van der Waals surface area (Å²) in [5.41, 5.74) is 5.35. The zero-order chi connectivity index (χ0) is 34.3. The first-order chi connectivity index (χ1) is 21.0. The van der Waals surface area contributed by atoms with Crippen LogP contribution in [0.1, 0.15) is 75.2 Å². The fraction of sp³-hybridized carbons (Fsp3) is 0.455. The Labute approximate surface area is 322 Å². The number of amides is 1. The molecule has 0 aromatic carbocycles. The van der Waals surface area contributed by atoms with E-state index in [1.165, 1.54) is 37.2 Å². The molecule has 1 radical (unpaired) electrons. The molecule has 251 valence electrons. The van der Waals surface area contributed by atoms with E-state index in [2.05, 4.69) is 52.1 Å². The average molecular weight is 648 g/mol. The van der Waals surface area contributed by atoms with Crippen LogP contribution in [0.25, 0.3) is 0 Å². The third kappa shape index (κ3) is 34.8. The van der Waals surface area contributed by atoms with Crippen molar-refractivity contribution in [1.29, 1.82) is 0 Å². The van der Waals surface area contributed by atoms with Crippen LogP contribution in [0.3, 0.4) is 0 Å². The third-order valence-electron chi connectivity index (χ3n) is 4.17. The summed E-state index contributed by atoms with van der Waals surface area (Å²) in [5.74, 6) is 0.951. The number of hydrogen-bond donors (Lipinski definition) is 2. The molecule has 0 bridgehead atoms. The van der Waals surface area contributed by atoms with E-state index in [4.69, 9.17) is 19.9 Å². The van der Waals surface area contributed by atoms with E-state index in [0.717, 1.165) is 19.4 Å². The minimum atomic E-state index is -0.611. The SMILES string of the molecule is C1CCOC1.CC(C)(C)OC(=O)Nc1ccncc1.CC(C)(C)OC([O-])=Nc1[c-]cncc1.C[C-](C)C.Nc1ccncc1[18F].[Li+].[Li+].[Li]. The number of carbonyl (C=O) groups excluding carboxylic acids is 1. The summed E-state index contributed by atoms with van der Waals surface area (Å²) in [6.45, 7) is 19.1. The van der Waals surface area contributed by atoms with Crippen molar-refractivity contribution in [1.82, 2.24) is 15.0 Å². The first-order valence-electron chi connectivity index (χ1n) is 14.3. The van der Waals surface area contributed by atoms with Gasteiger partial charge in [0.1, 0.15) is 11.7 Å². The van der Waals surface area contributed by atoms with Gasteiger partial charge in [-0.05, 0) is 51.8 Å². The monoisotopic (exact) mass is 647 g/mol. The molecule has 1 aliphatic rings. The van der Waals surface area contributed by atoms with Crippen LogP contribution in [-0.2, 0) is 14.2 Å². The standard InChI is InChI=1S/C10H14N2O2.C10H13N2O2.C5H5FN2.C4H8O.C4H9.3Li/c2*1-10(2,3)14-9(13)12-8-4-6-11-7-5-8;6-4-3-8-2-1-5(4)7;1-2-4-5-3-1;1-4(2)3;;;/h4-7H,1-3H3,(H,11,12,13);4,6-7H,1-3H3,(H,11,12,13);1-3H,(H2,7,8);1-4H2;1-3H3;;;/q;-1;;;-1;;2*+1/p-1/i;;6-1;;;;;. The second-order valence-corrected chi connectivity index (χ2v) is 11.8. The molecule has 1 saturated heterocycles. The van der Waals surface area contributed by atoms with Crippen LogP contribution in [0.5, 0.6) is 0 Å². The van der Waals surface area contributed by atoms with Gasteiger partial charge in [0.15, 0.2) is 5.82 Å². The van der Waals surface area contributed by atoms with Gasteiger partial charge in [0.25, 0.3) is 0 Å². The molecule has 1 fully saturated rings. The van der Waals surface area contributed by atoms with Crippen molar-refractivity contribution >= 4 is 48.1 Å². The Bertz CT molecular complexity index is 1200. The maximum Gasteiger partial charge on any atom is 1.00 e. The van der Waals surface area contributed by atoms with Gasteiger partial charge < -0.3 is 36.0 Å². The maximum atomic E-state index is 12.1. The number of nitrogens with zero attached hydrogens (tertiary/aromatic N) is 4. The minimum Gasteiger partial charge on any atom is -0.594 e. The van der Waals surface area contributed by atoms with Gasteiger partial charge in [-0.2, -0.15) is 26.8 Å². The summed E-state index contributed by atoms with van der Waals surface area (Å²) < 4.78 is 27.1. The molecule has 0 saturated carbocycles. The smallest absolute Gasteiger partial charge is 0.594 e. The first kappa shape index (κ1) is 52.3. The van der Waals surface area contributed by atoms with Crippen LogP contribution in [0.2, 0.25) is 0 Å². The van der Waals surface area contributed by atoms with Crippen molar-refractivity contribution < 1.29 is 66.2 Å². The molecule has 4 heterocycles. The fourth-order valence-electron chi connectivity index (χ4n) is 2.51. The molecule has 4 rings (SSSR count). The second kappa shape index (κ2) is 29.4. The van der Waals surface area contributed by atoms with E-state index in [-0.39, 0.29) is 62.3 Å². The zero-order valence-corrected chi connectivity index (χ0v) is 30.9. The number of pyridine rings is 3. The van der Waals surface area contributed by atoms with E-state index in [9.17, 15) is 14.3 Å². The van der Waals surface area contributed by atoms with E-state index < -0.39 is 29.2 Å². The Morgan fingerprint density at radius 3 is 1.81 bits per heavy atom. The molecule has 0 spiro atoms. The van der Waals surface area contributed by atoms with Crippen LogP contribution in [0.15, 0.2) is 66.4 Å². The molecule has 1 aliphatic heterocycles. The molecule has 3 aromatic heterocycles. The molecule has 3 N–H and O–H groups in total. The van der Waals surface area contributed by atoms with Crippen molar-refractivity contribution in [2.75, 3.05) is 24.3 Å². The van der Waals surface area contributed by atoms with E-state index in [1.54, 1.807) is 57.6 Å². The Morgan fingerprint density at radius 1 is 0.938 bits per heavy atom. The number of halogens is 1. The number of rotatable bonds is 2. The Kier molecular flexibility index (Phi) is 32.0. The van der Waals surface area contributed by atoms with Crippen molar-refractivity contribution in [2.45, 2.75) is 86.4 Å². The van der Waals surface area contributed by atoms with Gasteiger partial charge in [-0.15, -0.1) is 5.69 Å². The molecule has 11 nitrogen and oxygen atoms in total. The van der Waals surface area contributed by atoms with Gasteiger partial charge >= 0.3 is 43.8 Å². The summed E-state index contributed by atoms with van der Waals surface area (Å²) in [6, 6.07) is 9.10. The number of aliphatic imine (C=N–C) groups is 1. The van der Waals surface area contributed by atoms with Crippen LogP contribution in [0, 0.1) is 17.8 Å². The third-order valence-corrected chi connectivity index (χ3v) is 4.17. The summed E-state index contributed by atoms with van der Waals surface area (Å²) in [5, 5.41) is 13.8. The zero-order valence-electron chi connectivity index (χ0n) is 30.9. The number of carbonyl (C=O) groups is 1. The molecular formula is C33H48FLi3N6O5-. The molecule has 3 aromatic rings. The minimum absolute atomic E-state index is 0. The molecular weight excluding hydrogens is 599 g/mol. The molecule has 1 amide bonds. The molecule has 0 aliphatic carbocycles. The van der Waals surface area contributed by atoms with Crippen molar-refractivity contribution in [3.05, 3.63) is 79.2 Å². The second-order valence-electron chi connectivity index (χ2n) is 11.8. The summed E-state index contributed by atoms with van der Waals surface area (Å²) in [7, 11) is 0. The van der Waals surface area contributed by atoms with Crippen molar-refractivity contribution in [2.24, 2.45) is 4.99 Å². The summed E-state index contributed by atoms with van der Waals surface area (Å²) >= 11 is 0.